The van der Waals surface area contributed by atoms with Gasteiger partial charge in [-0.25, -0.2) is 18.7 Å². The third-order valence-electron chi connectivity index (χ3n) is 15.6. The van der Waals surface area contributed by atoms with E-state index in [4.69, 9.17) is 14.4 Å². The van der Waals surface area contributed by atoms with E-state index in [2.05, 4.69) is 53.3 Å². The number of hydrogen-bond donors (Lipinski definition) is 2. The normalized spacial score (nSPS) is 23.7. The Labute approximate surface area is 400 Å². The Balaban J connectivity index is 1.11. The zero-order valence-electron chi connectivity index (χ0n) is 41.1. The van der Waals surface area contributed by atoms with Gasteiger partial charge in [-0.2, -0.15) is 5.10 Å². The lowest BCUT2D eigenvalue weighted by Crippen LogP contribution is -2.48. The molecule has 1 amide bonds. The number of hydrogen-bond acceptors (Lipinski definition) is 10. The van der Waals surface area contributed by atoms with Gasteiger partial charge in [0.15, 0.2) is 5.82 Å². The highest BCUT2D eigenvalue weighted by molar-refractivity contribution is 7.71. The van der Waals surface area contributed by atoms with Gasteiger partial charge in [0.05, 0.1) is 35.7 Å². The number of aromatic nitrogens is 7. The molecule has 2 aliphatic carbocycles. The number of amides is 1. The predicted molar refractivity (Wildman–Crippen MR) is 266 cm³/mol. The van der Waals surface area contributed by atoms with Crippen molar-refractivity contribution in [3.8, 4) is 11.5 Å². The van der Waals surface area contributed by atoms with Gasteiger partial charge >= 0.3 is 11.4 Å². The van der Waals surface area contributed by atoms with Gasteiger partial charge in [0.25, 0.3) is 5.91 Å². The van der Waals surface area contributed by atoms with Gasteiger partial charge < -0.3 is 29.0 Å². The average molecular weight is 961 g/mol. The van der Waals surface area contributed by atoms with Gasteiger partial charge in [0, 0.05) is 96.9 Å². The topological polar surface area (TPSA) is 170 Å². The van der Waals surface area contributed by atoms with Crippen LogP contribution in [0.2, 0.25) is 0 Å². The molecule has 1 saturated carbocycles. The molecule has 2 aromatic carbocycles. The van der Waals surface area contributed by atoms with E-state index in [-0.39, 0.29) is 34.9 Å². The number of H-pyrrole nitrogens is 1. The van der Waals surface area contributed by atoms with Gasteiger partial charge in [-0.15, -0.1) is 0 Å². The number of halogens is 1. The lowest BCUT2D eigenvalue weighted by molar-refractivity contribution is -0.0276. The summed E-state index contributed by atoms with van der Waals surface area (Å²) < 4.78 is 47.5. The van der Waals surface area contributed by atoms with Crippen LogP contribution < -0.4 is 27.0 Å². The lowest BCUT2D eigenvalue weighted by Gasteiger charge is -2.39. The molecule has 4 aliphatic rings. The van der Waals surface area contributed by atoms with E-state index in [0.717, 1.165) is 34.1 Å². The number of anilines is 2. The minimum absolute atomic E-state index is 0.00535. The molecule has 0 bridgehead atoms. The van der Waals surface area contributed by atoms with E-state index < -0.39 is 30.5 Å². The molecule has 1 saturated heterocycles. The van der Waals surface area contributed by atoms with Gasteiger partial charge in [-0.1, -0.05) is 38.9 Å². The zero-order chi connectivity index (χ0) is 49.1. The molecule has 6 aromatic rings. The molecule has 364 valence electrons. The largest absolute Gasteiger partial charge is 0.438 e. The summed E-state index contributed by atoms with van der Waals surface area (Å²) in [5, 5.41) is 14.3. The molecule has 10 rings (SSSR count). The monoisotopic (exact) mass is 960 g/mol. The van der Waals surface area contributed by atoms with Gasteiger partial charge in [0.1, 0.15) is 30.0 Å². The Bertz CT molecular complexity index is 3280. The summed E-state index contributed by atoms with van der Waals surface area (Å²) in [7, 11) is -0.871. The van der Waals surface area contributed by atoms with Crippen LogP contribution in [-0.2, 0) is 21.3 Å². The van der Waals surface area contributed by atoms with Crippen molar-refractivity contribution in [2.24, 2.45) is 11.8 Å². The van der Waals surface area contributed by atoms with Crippen molar-refractivity contribution in [3.05, 3.63) is 122 Å². The molecule has 2 N–H and O–H groups in total. The Morgan fingerprint density at radius 3 is 2.39 bits per heavy atom. The minimum Gasteiger partial charge on any atom is -0.387 e. The number of nitrogens with one attached hydrogen (secondary N) is 2. The Morgan fingerprint density at radius 1 is 1.00 bits per heavy atom. The molecule has 2 aliphatic heterocycles. The van der Waals surface area contributed by atoms with Gasteiger partial charge in [-0.3, -0.25) is 23.4 Å². The van der Waals surface area contributed by atoms with E-state index in [1.807, 2.05) is 78.3 Å². The zero-order valence-corrected chi connectivity index (χ0v) is 42.0. The van der Waals surface area contributed by atoms with Gasteiger partial charge in [0.2, 0.25) is 0 Å². The number of benzene rings is 2. The summed E-state index contributed by atoms with van der Waals surface area (Å²) in [4.78, 5) is 50.1. The van der Waals surface area contributed by atoms with Crippen molar-refractivity contribution in [1.82, 2.24) is 38.5 Å². The fourth-order valence-corrected chi connectivity index (χ4v) is 13.5. The molecule has 0 spiro atoms. The first kappa shape index (κ1) is 46.5. The highest BCUT2D eigenvalue weighted by Crippen LogP contribution is 2.56. The van der Waals surface area contributed by atoms with Gasteiger partial charge in [-0.05, 0) is 101 Å². The Kier molecular flexibility index (Phi) is 11.3. The highest BCUT2D eigenvalue weighted by Gasteiger charge is 2.59. The lowest BCUT2D eigenvalue weighted by atomic mass is 9.86. The maximum absolute atomic E-state index is 15.7. The molecule has 18 heteroatoms. The number of rotatable bonds is 11. The Morgan fingerprint density at radius 2 is 1.72 bits per heavy atom. The molecule has 2 fully saturated rings. The van der Waals surface area contributed by atoms with Crippen molar-refractivity contribution in [2.75, 3.05) is 55.8 Å². The second-order valence-electron chi connectivity index (χ2n) is 20.1. The van der Waals surface area contributed by atoms with Crippen LogP contribution in [0.3, 0.4) is 0 Å². The first-order valence-corrected chi connectivity index (χ1v) is 26.2. The fraction of sp³-hybridized carbons (Fsp3) is 0.471. The Hall–Kier alpha value is -6.19. The fourth-order valence-electron chi connectivity index (χ4n) is 11.4. The molecule has 0 radical (unpaired) electrons. The van der Waals surface area contributed by atoms with Crippen LogP contribution >= 0.6 is 7.14 Å². The number of allylic oxidation sites excluding steroid dienone is 4. The maximum Gasteiger partial charge on any atom is 0.438 e. The van der Waals surface area contributed by atoms with Crippen LogP contribution in [0.1, 0.15) is 108 Å². The van der Waals surface area contributed by atoms with Crippen LogP contribution in [0.5, 0.6) is 0 Å². The smallest absolute Gasteiger partial charge is 0.387 e. The number of ether oxygens (including phenoxy) is 1. The molecule has 69 heavy (non-hydrogen) atoms. The summed E-state index contributed by atoms with van der Waals surface area (Å²) in [6.07, 6.45) is 7.35. The molecule has 6 heterocycles. The second kappa shape index (κ2) is 16.8. The first-order chi connectivity index (χ1) is 32.9. The second-order valence-corrected chi connectivity index (χ2v) is 23.6. The summed E-state index contributed by atoms with van der Waals surface area (Å²) >= 11 is 0. The van der Waals surface area contributed by atoms with Crippen molar-refractivity contribution >= 4 is 40.6 Å². The quantitative estimate of drug-likeness (QED) is 0.121. The predicted octanol–water partition coefficient (Wildman–Crippen LogP) is 8.06. The third-order valence-corrected chi connectivity index (χ3v) is 18.9. The molecule has 16 nitrogen and oxygen atoms in total. The average Bonchev–Trinajstić information content (AvgIpc) is 3.83. The van der Waals surface area contributed by atoms with Crippen LogP contribution in [-0.4, -0.2) is 95.6 Å². The SMILES string of the molecule is CCP(=O)(CC)c1ccc(-n2ccn(-c3c4c(nn3C3C=C(C)C(F)=C(C)C3C)CCN(C(=O)c3cc5cc(N6CCOC(C)(C)C6)ccc5n3[C@@]3(c5noc(=O)[nH]5)C[C@@H]3C)[C@H]4C)c2=O)cc1NC. The van der Waals surface area contributed by atoms with E-state index in [1.165, 1.54) is 0 Å². The summed E-state index contributed by atoms with van der Waals surface area (Å²) in [5.41, 5.74) is 4.54. The van der Waals surface area contributed by atoms with Crippen molar-refractivity contribution in [2.45, 2.75) is 98.4 Å². The van der Waals surface area contributed by atoms with Crippen LogP contribution in [0, 0.1) is 11.8 Å². The van der Waals surface area contributed by atoms with Crippen molar-refractivity contribution in [3.63, 3.8) is 0 Å². The molecule has 4 aromatic heterocycles. The molecule has 2 unspecified atom stereocenters. The summed E-state index contributed by atoms with van der Waals surface area (Å²) in [6.45, 7) is 19.9. The number of carbonyl (C=O) groups is 1. The number of carbonyl (C=O) groups excluding carboxylic acids is 1. The number of imidazole rings is 1. The maximum atomic E-state index is 15.7. The summed E-state index contributed by atoms with van der Waals surface area (Å²) in [6, 6.07) is 12.7. The number of morpholine rings is 1. The van der Waals surface area contributed by atoms with Crippen LogP contribution in [0.15, 0.2) is 92.0 Å². The van der Waals surface area contributed by atoms with Crippen LogP contribution in [0.25, 0.3) is 22.4 Å². The van der Waals surface area contributed by atoms with Crippen molar-refractivity contribution < 1.29 is 23.0 Å². The first-order valence-electron chi connectivity index (χ1n) is 24.2. The van der Waals surface area contributed by atoms with E-state index >= 15 is 9.18 Å². The molecular formula is C51H62FN10O6P. The molecular weight excluding hydrogens is 899 g/mol. The minimum atomic E-state index is -2.66. The summed E-state index contributed by atoms with van der Waals surface area (Å²) in [5.74, 6) is -0.594. The van der Waals surface area contributed by atoms with Crippen LogP contribution in [0.4, 0.5) is 15.8 Å². The highest BCUT2D eigenvalue weighted by atomic mass is 31.2. The number of nitrogens with zero attached hydrogens (tertiary/aromatic N) is 8. The standard InChI is InChI=1S/C51H62FN10O6P/c1-11-69(66,12-2)42-16-14-36(26-38(42)53-10)59-19-20-60(49(59)65)45-43-33(7)58(18-17-37(43)55-62(45)40-23-29(3)44(52)32(6)31(40)5)46(63)41-25-34-24-35(57-21-22-67-50(8,9)28-57)13-15-39(34)61(41)51(27-30(51)4)47-54-48(64)68-56-47/h13-16,19-20,23-26,30-31,33,40,53H,11-12,17-18,21-22,27-28H2,1-10H3,(H,54,56,64)/t30-,31?,33-,40?,51-/m0/s1. The number of aromatic amines is 1. The van der Waals surface area contributed by atoms with E-state index in [1.54, 1.807) is 42.4 Å². The van der Waals surface area contributed by atoms with Crippen molar-refractivity contribution in [1.29, 1.82) is 0 Å². The van der Waals surface area contributed by atoms with E-state index in [9.17, 15) is 14.2 Å². The molecule has 5 atom stereocenters. The third kappa shape index (κ3) is 7.32. The van der Waals surface area contributed by atoms with E-state index in [0.29, 0.717) is 90.3 Å². The number of fused-ring (bicyclic) bond motifs is 2.